The zero-order chi connectivity index (χ0) is 11.1. The zero-order valence-corrected chi connectivity index (χ0v) is 10.5. The van der Waals surface area contributed by atoms with Crippen LogP contribution in [0.2, 0.25) is 0 Å². The lowest BCUT2D eigenvalue weighted by molar-refractivity contribution is -0.120. The summed E-state index contributed by atoms with van der Waals surface area (Å²) in [6.07, 6.45) is 5.82. The van der Waals surface area contributed by atoms with Gasteiger partial charge in [0, 0.05) is 11.8 Å². The molecule has 1 unspecified atom stereocenters. The summed E-state index contributed by atoms with van der Waals surface area (Å²) in [6.45, 7) is 4.47. The van der Waals surface area contributed by atoms with Crippen LogP contribution in [0.5, 0.6) is 0 Å². The minimum Gasteiger partial charge on any atom is -0.355 e. The van der Waals surface area contributed by atoms with Crippen molar-refractivity contribution in [3.63, 3.8) is 0 Å². The van der Waals surface area contributed by atoms with Crippen LogP contribution in [0.25, 0.3) is 0 Å². The lowest BCUT2D eigenvalue weighted by atomic mass is 10.3. The van der Waals surface area contributed by atoms with Crippen LogP contribution in [0.15, 0.2) is 0 Å². The highest BCUT2D eigenvalue weighted by atomic mass is 32.2. The van der Waals surface area contributed by atoms with Crippen LogP contribution in [0, 0.1) is 5.92 Å². The van der Waals surface area contributed by atoms with Crippen LogP contribution in [0.1, 0.15) is 26.2 Å². The molecule has 1 aliphatic rings. The quantitative estimate of drug-likeness (QED) is 0.659. The predicted octanol–water partition coefficient (Wildman–Crippen LogP) is 1.24. The minimum absolute atomic E-state index is 0.129. The van der Waals surface area contributed by atoms with E-state index < -0.39 is 0 Å². The molecule has 0 saturated heterocycles. The maximum absolute atomic E-state index is 11.3. The molecule has 4 heteroatoms. The van der Waals surface area contributed by atoms with Crippen LogP contribution in [-0.4, -0.2) is 37.0 Å². The van der Waals surface area contributed by atoms with Gasteiger partial charge >= 0.3 is 0 Å². The largest absolute Gasteiger partial charge is 0.355 e. The highest BCUT2D eigenvalue weighted by Crippen LogP contribution is 2.27. The maximum atomic E-state index is 11.3. The zero-order valence-electron chi connectivity index (χ0n) is 9.71. The molecule has 0 aromatic heterocycles. The summed E-state index contributed by atoms with van der Waals surface area (Å²) in [4.78, 5) is 11.3. The molecule has 0 bridgehead atoms. The van der Waals surface area contributed by atoms with Gasteiger partial charge in [-0.05, 0) is 38.0 Å². The van der Waals surface area contributed by atoms with Crippen LogP contribution < -0.4 is 10.6 Å². The first kappa shape index (κ1) is 12.8. The summed E-state index contributed by atoms with van der Waals surface area (Å²) in [6, 6.07) is 0. The van der Waals surface area contributed by atoms with Crippen molar-refractivity contribution in [3.8, 4) is 0 Å². The van der Waals surface area contributed by atoms with E-state index in [9.17, 15) is 4.79 Å². The van der Waals surface area contributed by atoms with Gasteiger partial charge in [0.05, 0.1) is 6.54 Å². The molecule has 0 heterocycles. The van der Waals surface area contributed by atoms with Gasteiger partial charge in [-0.1, -0.05) is 6.92 Å². The number of rotatable bonds is 8. The first-order valence-electron chi connectivity index (χ1n) is 5.72. The molecule has 88 valence electrons. The third kappa shape index (κ3) is 6.79. The standard InChI is InChI=1S/C11H22N2OS/c1-9(15-2)5-6-13-11(14)8-12-7-10-3-4-10/h9-10,12H,3-8H2,1-2H3,(H,13,14). The Morgan fingerprint density at radius 2 is 2.27 bits per heavy atom. The molecule has 0 radical (unpaired) electrons. The van der Waals surface area contributed by atoms with Gasteiger partial charge in [-0.3, -0.25) is 4.79 Å². The van der Waals surface area contributed by atoms with E-state index in [-0.39, 0.29) is 5.91 Å². The van der Waals surface area contributed by atoms with Gasteiger partial charge in [0.2, 0.25) is 5.91 Å². The fourth-order valence-corrected chi connectivity index (χ4v) is 1.66. The van der Waals surface area contributed by atoms with Gasteiger partial charge in [-0.15, -0.1) is 0 Å². The smallest absolute Gasteiger partial charge is 0.233 e. The Balaban J connectivity index is 1.88. The van der Waals surface area contributed by atoms with Crippen molar-refractivity contribution in [2.45, 2.75) is 31.4 Å². The van der Waals surface area contributed by atoms with Crippen LogP contribution in [-0.2, 0) is 4.79 Å². The van der Waals surface area contributed by atoms with E-state index in [0.29, 0.717) is 11.8 Å². The molecule has 2 N–H and O–H groups in total. The Labute approximate surface area is 96.8 Å². The molecule has 0 spiro atoms. The van der Waals surface area contributed by atoms with E-state index in [0.717, 1.165) is 25.4 Å². The van der Waals surface area contributed by atoms with Crippen molar-refractivity contribution in [3.05, 3.63) is 0 Å². The third-order valence-electron chi connectivity index (χ3n) is 2.69. The first-order valence-corrected chi connectivity index (χ1v) is 7.01. The predicted molar refractivity (Wildman–Crippen MR) is 66.2 cm³/mol. The van der Waals surface area contributed by atoms with Crippen LogP contribution >= 0.6 is 11.8 Å². The summed E-state index contributed by atoms with van der Waals surface area (Å²) in [5.41, 5.74) is 0. The van der Waals surface area contributed by atoms with E-state index in [1.807, 2.05) is 11.8 Å². The monoisotopic (exact) mass is 230 g/mol. The van der Waals surface area contributed by atoms with Crippen LogP contribution in [0.4, 0.5) is 0 Å². The molecule has 1 amide bonds. The Bertz CT molecular complexity index is 195. The van der Waals surface area contributed by atoms with E-state index in [2.05, 4.69) is 23.8 Å². The number of nitrogens with one attached hydrogen (secondary N) is 2. The van der Waals surface area contributed by atoms with Gasteiger partial charge in [-0.25, -0.2) is 0 Å². The maximum Gasteiger partial charge on any atom is 0.233 e. The van der Waals surface area contributed by atoms with Crippen molar-refractivity contribution in [2.24, 2.45) is 5.92 Å². The fourth-order valence-electron chi connectivity index (χ4n) is 1.31. The molecule has 1 atom stereocenters. The van der Waals surface area contributed by atoms with Gasteiger partial charge in [-0.2, -0.15) is 11.8 Å². The van der Waals surface area contributed by atoms with Gasteiger partial charge in [0.1, 0.15) is 0 Å². The third-order valence-corrected chi connectivity index (χ3v) is 3.73. The molecule has 1 fully saturated rings. The summed E-state index contributed by atoms with van der Waals surface area (Å²) >= 11 is 1.84. The number of thioether (sulfide) groups is 1. The molecule has 1 saturated carbocycles. The molecular weight excluding hydrogens is 208 g/mol. The lowest BCUT2D eigenvalue weighted by Gasteiger charge is -2.09. The molecule has 0 aromatic carbocycles. The SMILES string of the molecule is CSC(C)CCNC(=O)CNCC1CC1. The Morgan fingerprint density at radius 1 is 1.53 bits per heavy atom. The molecule has 0 aromatic rings. The Hall–Kier alpha value is -0.220. The average Bonchev–Trinajstić information content (AvgIpc) is 3.01. The number of hydrogen-bond donors (Lipinski definition) is 2. The number of amides is 1. The summed E-state index contributed by atoms with van der Waals surface area (Å²) < 4.78 is 0. The van der Waals surface area contributed by atoms with E-state index in [4.69, 9.17) is 0 Å². The van der Waals surface area contributed by atoms with E-state index in [1.165, 1.54) is 12.8 Å². The van der Waals surface area contributed by atoms with E-state index in [1.54, 1.807) is 0 Å². The van der Waals surface area contributed by atoms with Crippen molar-refractivity contribution < 1.29 is 4.79 Å². The average molecular weight is 230 g/mol. The van der Waals surface area contributed by atoms with Gasteiger partial charge in [0.25, 0.3) is 0 Å². The molecular formula is C11H22N2OS. The molecule has 15 heavy (non-hydrogen) atoms. The topological polar surface area (TPSA) is 41.1 Å². The molecule has 3 nitrogen and oxygen atoms in total. The second-order valence-electron chi connectivity index (χ2n) is 4.26. The first-order chi connectivity index (χ1) is 7.22. The normalized spacial score (nSPS) is 17.5. The van der Waals surface area contributed by atoms with Crippen molar-refractivity contribution in [2.75, 3.05) is 25.9 Å². The minimum atomic E-state index is 0.129. The van der Waals surface area contributed by atoms with Crippen molar-refractivity contribution >= 4 is 17.7 Å². The molecule has 0 aliphatic heterocycles. The second kappa shape index (κ2) is 7.12. The van der Waals surface area contributed by atoms with Crippen molar-refractivity contribution in [1.82, 2.24) is 10.6 Å². The Kier molecular flexibility index (Phi) is 6.10. The summed E-state index contributed by atoms with van der Waals surface area (Å²) in [5, 5.41) is 6.74. The molecule has 1 aliphatic carbocycles. The van der Waals surface area contributed by atoms with Crippen molar-refractivity contribution in [1.29, 1.82) is 0 Å². The number of carbonyl (C=O) groups is 1. The van der Waals surface area contributed by atoms with Crippen LogP contribution in [0.3, 0.4) is 0 Å². The Morgan fingerprint density at radius 3 is 2.87 bits per heavy atom. The highest BCUT2D eigenvalue weighted by molar-refractivity contribution is 7.99. The second-order valence-corrected chi connectivity index (χ2v) is 5.54. The molecule has 1 rings (SSSR count). The van der Waals surface area contributed by atoms with E-state index >= 15 is 0 Å². The fraction of sp³-hybridized carbons (Fsp3) is 0.909. The summed E-state index contributed by atoms with van der Waals surface area (Å²) in [7, 11) is 0. The highest BCUT2D eigenvalue weighted by Gasteiger charge is 2.20. The summed E-state index contributed by atoms with van der Waals surface area (Å²) in [5.74, 6) is 0.971. The number of carbonyl (C=O) groups excluding carboxylic acids is 1. The van der Waals surface area contributed by atoms with Gasteiger partial charge < -0.3 is 10.6 Å². The number of hydrogen-bond acceptors (Lipinski definition) is 3. The lowest BCUT2D eigenvalue weighted by Crippen LogP contribution is -2.35. The van der Waals surface area contributed by atoms with Gasteiger partial charge in [0.15, 0.2) is 0 Å².